The molecule has 1 atom stereocenters. The SMILES string of the molecule is CCCN(C(=O)c1ncoc1C)C1CCNC1. The summed E-state index contributed by atoms with van der Waals surface area (Å²) < 4.78 is 5.10. The molecule has 0 radical (unpaired) electrons. The van der Waals surface area contributed by atoms with Gasteiger partial charge in [-0.1, -0.05) is 6.92 Å². The van der Waals surface area contributed by atoms with Gasteiger partial charge >= 0.3 is 0 Å². The summed E-state index contributed by atoms with van der Waals surface area (Å²) in [7, 11) is 0. The minimum Gasteiger partial charge on any atom is -0.448 e. The van der Waals surface area contributed by atoms with Gasteiger partial charge in [0, 0.05) is 19.1 Å². The quantitative estimate of drug-likeness (QED) is 0.854. The van der Waals surface area contributed by atoms with Gasteiger partial charge in [-0.05, 0) is 26.3 Å². The molecule has 17 heavy (non-hydrogen) atoms. The van der Waals surface area contributed by atoms with Gasteiger partial charge in [0.1, 0.15) is 5.76 Å². The van der Waals surface area contributed by atoms with Crippen LogP contribution in [0, 0.1) is 6.92 Å². The minimum absolute atomic E-state index is 0.00759. The standard InChI is InChI=1S/C12H19N3O2/c1-3-6-15(10-4-5-13-7-10)12(16)11-9(2)17-8-14-11/h8,10,13H,3-7H2,1-2H3. The Morgan fingerprint density at radius 3 is 3.06 bits per heavy atom. The van der Waals surface area contributed by atoms with Gasteiger partial charge in [-0.15, -0.1) is 0 Å². The zero-order valence-corrected chi connectivity index (χ0v) is 10.4. The Kier molecular flexibility index (Phi) is 3.78. The van der Waals surface area contributed by atoms with Crippen LogP contribution in [0.2, 0.25) is 0 Å². The van der Waals surface area contributed by atoms with Crippen molar-refractivity contribution in [2.45, 2.75) is 32.7 Å². The van der Waals surface area contributed by atoms with Crippen LogP contribution in [-0.2, 0) is 0 Å². The van der Waals surface area contributed by atoms with Crippen molar-refractivity contribution < 1.29 is 9.21 Å². The summed E-state index contributed by atoms with van der Waals surface area (Å²) in [6, 6.07) is 0.290. The molecule has 5 nitrogen and oxygen atoms in total. The van der Waals surface area contributed by atoms with Crippen LogP contribution in [0.15, 0.2) is 10.8 Å². The number of amides is 1. The third kappa shape index (κ3) is 2.49. The first-order valence-corrected chi connectivity index (χ1v) is 6.15. The van der Waals surface area contributed by atoms with Crippen LogP contribution in [0.1, 0.15) is 36.0 Å². The van der Waals surface area contributed by atoms with E-state index in [1.54, 1.807) is 6.92 Å². The van der Waals surface area contributed by atoms with Gasteiger partial charge in [-0.25, -0.2) is 4.98 Å². The number of carbonyl (C=O) groups excluding carboxylic acids is 1. The maximum absolute atomic E-state index is 12.4. The number of hydrogen-bond acceptors (Lipinski definition) is 4. The predicted molar refractivity (Wildman–Crippen MR) is 63.8 cm³/mol. The topological polar surface area (TPSA) is 58.4 Å². The molecule has 94 valence electrons. The summed E-state index contributed by atoms with van der Waals surface area (Å²) in [6.45, 7) is 6.49. The molecule has 0 aromatic carbocycles. The monoisotopic (exact) mass is 237 g/mol. The van der Waals surface area contributed by atoms with E-state index in [1.807, 2.05) is 4.90 Å². The number of rotatable bonds is 4. The third-order valence-electron chi connectivity index (χ3n) is 3.15. The molecule has 1 saturated heterocycles. The van der Waals surface area contributed by atoms with Crippen LogP contribution in [-0.4, -0.2) is 41.5 Å². The molecule has 2 heterocycles. The summed E-state index contributed by atoms with van der Waals surface area (Å²) in [5, 5.41) is 3.29. The van der Waals surface area contributed by atoms with Crippen molar-refractivity contribution in [2.24, 2.45) is 0 Å². The fourth-order valence-electron chi connectivity index (χ4n) is 2.24. The molecular formula is C12H19N3O2. The number of aromatic nitrogens is 1. The maximum Gasteiger partial charge on any atom is 0.276 e. The van der Waals surface area contributed by atoms with E-state index in [1.165, 1.54) is 6.39 Å². The number of nitrogens with one attached hydrogen (secondary N) is 1. The zero-order chi connectivity index (χ0) is 12.3. The molecule has 0 bridgehead atoms. The fourth-order valence-corrected chi connectivity index (χ4v) is 2.24. The van der Waals surface area contributed by atoms with Crippen LogP contribution in [0.5, 0.6) is 0 Å². The Hall–Kier alpha value is -1.36. The molecule has 0 spiro atoms. The second kappa shape index (κ2) is 5.31. The van der Waals surface area contributed by atoms with Gasteiger partial charge in [-0.3, -0.25) is 4.79 Å². The Morgan fingerprint density at radius 2 is 2.53 bits per heavy atom. The normalized spacial score (nSPS) is 19.5. The first-order valence-electron chi connectivity index (χ1n) is 6.15. The summed E-state index contributed by atoms with van der Waals surface area (Å²) in [5.41, 5.74) is 0.449. The number of aryl methyl sites for hydroxylation is 1. The van der Waals surface area contributed by atoms with Crippen LogP contribution in [0.25, 0.3) is 0 Å². The van der Waals surface area contributed by atoms with E-state index < -0.39 is 0 Å². The molecule has 1 aliphatic rings. The highest BCUT2D eigenvalue weighted by Crippen LogP contribution is 2.15. The summed E-state index contributed by atoms with van der Waals surface area (Å²) >= 11 is 0. The van der Waals surface area contributed by atoms with Crippen LogP contribution >= 0.6 is 0 Å². The predicted octanol–water partition coefficient (Wildman–Crippen LogP) is 1.20. The second-order valence-electron chi connectivity index (χ2n) is 4.40. The van der Waals surface area contributed by atoms with Gasteiger partial charge in [0.15, 0.2) is 12.1 Å². The van der Waals surface area contributed by atoms with Crippen molar-refractivity contribution >= 4 is 5.91 Å². The van der Waals surface area contributed by atoms with E-state index in [4.69, 9.17) is 4.42 Å². The summed E-state index contributed by atoms with van der Waals surface area (Å²) in [5.74, 6) is 0.592. The molecule has 1 amide bonds. The van der Waals surface area contributed by atoms with Gasteiger partial charge in [-0.2, -0.15) is 0 Å². The molecular weight excluding hydrogens is 218 g/mol. The van der Waals surface area contributed by atoms with Crippen molar-refractivity contribution in [3.05, 3.63) is 17.8 Å². The van der Waals surface area contributed by atoms with E-state index in [-0.39, 0.29) is 5.91 Å². The third-order valence-corrected chi connectivity index (χ3v) is 3.15. The number of nitrogens with zero attached hydrogens (tertiary/aromatic N) is 2. The Balaban J connectivity index is 2.15. The average Bonchev–Trinajstić information content (AvgIpc) is 2.95. The first-order chi connectivity index (χ1) is 8.24. The van der Waals surface area contributed by atoms with Gasteiger partial charge in [0.05, 0.1) is 0 Å². The van der Waals surface area contributed by atoms with Crippen LogP contribution in [0.4, 0.5) is 0 Å². The number of carbonyl (C=O) groups is 1. The lowest BCUT2D eigenvalue weighted by molar-refractivity contribution is 0.0685. The molecule has 1 N–H and O–H groups in total. The molecule has 1 fully saturated rings. The molecule has 1 unspecified atom stereocenters. The highest BCUT2D eigenvalue weighted by Gasteiger charge is 2.28. The minimum atomic E-state index is -0.00759. The van der Waals surface area contributed by atoms with Crippen LogP contribution in [0.3, 0.4) is 0 Å². The lowest BCUT2D eigenvalue weighted by Crippen LogP contribution is -2.42. The number of hydrogen-bond donors (Lipinski definition) is 1. The van der Waals surface area contributed by atoms with Gasteiger partial charge in [0.2, 0.25) is 0 Å². The molecule has 1 aliphatic heterocycles. The lowest BCUT2D eigenvalue weighted by atomic mass is 10.2. The fraction of sp³-hybridized carbons (Fsp3) is 0.667. The van der Waals surface area contributed by atoms with Gasteiger partial charge in [0.25, 0.3) is 5.91 Å². The molecule has 0 saturated carbocycles. The Labute approximate surface area is 101 Å². The molecule has 0 aliphatic carbocycles. The summed E-state index contributed by atoms with van der Waals surface area (Å²) in [4.78, 5) is 18.3. The Bertz CT molecular complexity index is 383. The van der Waals surface area contributed by atoms with E-state index in [9.17, 15) is 4.79 Å². The van der Waals surface area contributed by atoms with E-state index in [0.717, 1.165) is 32.5 Å². The van der Waals surface area contributed by atoms with E-state index in [2.05, 4.69) is 17.2 Å². The largest absolute Gasteiger partial charge is 0.448 e. The van der Waals surface area contributed by atoms with Crippen molar-refractivity contribution in [3.63, 3.8) is 0 Å². The lowest BCUT2D eigenvalue weighted by Gasteiger charge is -2.27. The highest BCUT2D eigenvalue weighted by atomic mass is 16.3. The van der Waals surface area contributed by atoms with Crippen molar-refractivity contribution in [1.82, 2.24) is 15.2 Å². The molecule has 2 rings (SSSR count). The second-order valence-corrected chi connectivity index (χ2v) is 4.40. The molecule has 5 heteroatoms. The highest BCUT2D eigenvalue weighted by molar-refractivity contribution is 5.93. The molecule has 1 aromatic heterocycles. The van der Waals surface area contributed by atoms with Crippen molar-refractivity contribution in [3.8, 4) is 0 Å². The van der Waals surface area contributed by atoms with E-state index >= 15 is 0 Å². The smallest absolute Gasteiger partial charge is 0.276 e. The van der Waals surface area contributed by atoms with E-state index in [0.29, 0.717) is 17.5 Å². The average molecular weight is 237 g/mol. The van der Waals surface area contributed by atoms with Crippen molar-refractivity contribution in [2.75, 3.05) is 19.6 Å². The maximum atomic E-state index is 12.4. The number of oxazole rings is 1. The Morgan fingerprint density at radius 1 is 1.71 bits per heavy atom. The van der Waals surface area contributed by atoms with Gasteiger partial charge < -0.3 is 14.6 Å². The van der Waals surface area contributed by atoms with Crippen LogP contribution < -0.4 is 5.32 Å². The zero-order valence-electron chi connectivity index (χ0n) is 10.4. The summed E-state index contributed by atoms with van der Waals surface area (Å²) in [6.07, 6.45) is 3.31. The molecule has 1 aromatic rings. The first kappa shape index (κ1) is 12.1. The van der Waals surface area contributed by atoms with Crippen molar-refractivity contribution in [1.29, 1.82) is 0 Å².